The molecule has 2 aromatic carbocycles. The fourth-order valence-electron chi connectivity index (χ4n) is 2.80. The number of para-hydroxylation sites is 2. The molecule has 0 atom stereocenters. The number of amides is 1. The monoisotopic (exact) mass is 353 g/mol. The topological polar surface area (TPSA) is 46.9 Å². The number of nitrogens with one attached hydrogen (secondary N) is 1. The van der Waals surface area contributed by atoms with E-state index in [1.807, 2.05) is 49.4 Å². The maximum Gasteiger partial charge on any atom is 0.243 e. The molecule has 0 fully saturated rings. The highest BCUT2D eigenvalue weighted by molar-refractivity contribution is 6.31. The lowest BCUT2D eigenvalue weighted by Gasteiger charge is -2.11. The van der Waals surface area contributed by atoms with Crippen LogP contribution in [-0.4, -0.2) is 22.0 Å². The summed E-state index contributed by atoms with van der Waals surface area (Å²) in [7, 11) is 0. The van der Waals surface area contributed by atoms with E-state index >= 15 is 0 Å². The lowest BCUT2D eigenvalue weighted by Crippen LogP contribution is -2.24. The third-order valence-corrected chi connectivity index (χ3v) is 4.35. The second-order valence-corrected chi connectivity index (χ2v) is 6.14. The molecule has 0 saturated heterocycles. The van der Waals surface area contributed by atoms with Crippen LogP contribution in [-0.2, 0) is 17.8 Å². The highest BCUT2D eigenvalue weighted by Crippen LogP contribution is 2.22. The zero-order chi connectivity index (χ0) is 17.6. The van der Waals surface area contributed by atoms with Crippen molar-refractivity contribution in [3.8, 4) is 0 Å². The van der Waals surface area contributed by atoms with Gasteiger partial charge in [0, 0.05) is 18.0 Å². The molecule has 0 aliphatic rings. The van der Waals surface area contributed by atoms with E-state index < -0.39 is 0 Å². The Kier molecular flexibility index (Phi) is 5.51. The first-order valence-corrected chi connectivity index (χ1v) is 8.65. The van der Waals surface area contributed by atoms with Gasteiger partial charge in [0.1, 0.15) is 5.82 Å². The van der Waals surface area contributed by atoms with Crippen LogP contribution < -0.4 is 5.32 Å². The van der Waals surface area contributed by atoms with Gasteiger partial charge >= 0.3 is 0 Å². The zero-order valence-corrected chi connectivity index (χ0v) is 14.8. The Balaban J connectivity index is 1.87. The van der Waals surface area contributed by atoms with Crippen molar-refractivity contribution in [2.24, 2.45) is 0 Å². The summed E-state index contributed by atoms with van der Waals surface area (Å²) in [6.07, 6.45) is 3.90. The second-order valence-electron chi connectivity index (χ2n) is 5.74. The fraction of sp³-hybridized carbons (Fsp3) is 0.200. The van der Waals surface area contributed by atoms with Crippen LogP contribution >= 0.6 is 11.6 Å². The summed E-state index contributed by atoms with van der Waals surface area (Å²) < 4.78 is 2.17. The Labute approximate surface area is 152 Å². The summed E-state index contributed by atoms with van der Waals surface area (Å²) in [5.74, 6) is 0.846. The van der Waals surface area contributed by atoms with Gasteiger partial charge < -0.3 is 9.88 Å². The van der Waals surface area contributed by atoms with E-state index in [0.717, 1.165) is 27.4 Å². The van der Waals surface area contributed by atoms with E-state index in [-0.39, 0.29) is 5.91 Å². The molecule has 0 unspecified atom stereocenters. The summed E-state index contributed by atoms with van der Waals surface area (Å²) in [6, 6.07) is 15.9. The molecular formula is C20H20ClN3O. The van der Waals surface area contributed by atoms with Crippen molar-refractivity contribution in [3.63, 3.8) is 0 Å². The van der Waals surface area contributed by atoms with E-state index in [0.29, 0.717) is 19.5 Å². The number of carbonyl (C=O) groups is 1. The van der Waals surface area contributed by atoms with Gasteiger partial charge in [-0.1, -0.05) is 48.0 Å². The van der Waals surface area contributed by atoms with Gasteiger partial charge in [-0.05, 0) is 36.8 Å². The Bertz CT molecular complexity index is 914. The van der Waals surface area contributed by atoms with E-state index in [1.165, 1.54) is 6.08 Å². The molecular weight excluding hydrogens is 334 g/mol. The normalized spacial score (nSPS) is 11.3. The van der Waals surface area contributed by atoms with Crippen LogP contribution in [0.3, 0.4) is 0 Å². The molecule has 0 aliphatic heterocycles. The van der Waals surface area contributed by atoms with E-state index in [9.17, 15) is 4.79 Å². The minimum atomic E-state index is -0.0868. The molecule has 5 heteroatoms. The molecule has 1 heterocycles. The lowest BCUT2D eigenvalue weighted by molar-refractivity contribution is -0.116. The van der Waals surface area contributed by atoms with Gasteiger partial charge in [0.25, 0.3) is 0 Å². The number of imidazole rings is 1. The number of fused-ring (bicyclic) bond motifs is 1. The van der Waals surface area contributed by atoms with E-state index in [4.69, 9.17) is 16.6 Å². The highest BCUT2D eigenvalue weighted by Gasteiger charge is 2.12. The van der Waals surface area contributed by atoms with Crippen molar-refractivity contribution >= 4 is 28.5 Å². The Morgan fingerprint density at radius 2 is 1.96 bits per heavy atom. The average molecular weight is 354 g/mol. The van der Waals surface area contributed by atoms with Gasteiger partial charge in [-0.3, -0.25) is 4.79 Å². The van der Waals surface area contributed by atoms with Crippen molar-refractivity contribution in [1.82, 2.24) is 14.9 Å². The van der Waals surface area contributed by atoms with E-state index in [1.54, 1.807) is 6.08 Å². The molecule has 0 saturated carbocycles. The molecule has 1 amide bonds. The number of nitrogens with zero attached hydrogens (tertiary/aromatic N) is 2. The Morgan fingerprint density at radius 3 is 2.76 bits per heavy atom. The van der Waals surface area contributed by atoms with Crippen molar-refractivity contribution in [2.45, 2.75) is 19.9 Å². The summed E-state index contributed by atoms with van der Waals surface area (Å²) in [5, 5.41) is 3.62. The molecule has 0 bridgehead atoms. The van der Waals surface area contributed by atoms with Crippen LogP contribution in [0.1, 0.15) is 18.3 Å². The number of hydrogen-bond donors (Lipinski definition) is 1. The third kappa shape index (κ3) is 4.09. The number of rotatable bonds is 6. The molecule has 128 valence electrons. The maximum absolute atomic E-state index is 11.6. The van der Waals surface area contributed by atoms with Gasteiger partial charge in [-0.25, -0.2) is 4.98 Å². The van der Waals surface area contributed by atoms with Crippen molar-refractivity contribution in [3.05, 3.63) is 77.1 Å². The molecule has 4 nitrogen and oxygen atoms in total. The van der Waals surface area contributed by atoms with Crippen LogP contribution in [0.5, 0.6) is 0 Å². The Hall–Kier alpha value is -2.59. The molecule has 0 radical (unpaired) electrons. The molecule has 3 rings (SSSR count). The Morgan fingerprint density at radius 1 is 1.20 bits per heavy atom. The second kappa shape index (κ2) is 7.99. The molecule has 0 aliphatic carbocycles. The van der Waals surface area contributed by atoms with Gasteiger partial charge in [-0.15, -0.1) is 0 Å². The summed E-state index contributed by atoms with van der Waals surface area (Å²) in [4.78, 5) is 16.3. The number of aromatic nitrogens is 2. The predicted molar refractivity (Wildman–Crippen MR) is 102 cm³/mol. The molecule has 25 heavy (non-hydrogen) atoms. The van der Waals surface area contributed by atoms with Gasteiger partial charge in [-0.2, -0.15) is 0 Å². The van der Waals surface area contributed by atoms with Crippen LogP contribution in [0.25, 0.3) is 11.0 Å². The van der Waals surface area contributed by atoms with Gasteiger partial charge in [0.2, 0.25) is 5.91 Å². The van der Waals surface area contributed by atoms with Crippen LogP contribution in [0.2, 0.25) is 5.02 Å². The van der Waals surface area contributed by atoms with Crippen LogP contribution in [0, 0.1) is 0 Å². The minimum Gasteiger partial charge on any atom is -0.352 e. The summed E-state index contributed by atoms with van der Waals surface area (Å²) >= 11 is 6.33. The number of halogens is 1. The van der Waals surface area contributed by atoms with Crippen molar-refractivity contribution in [1.29, 1.82) is 0 Å². The maximum atomic E-state index is 11.6. The first kappa shape index (κ1) is 17.2. The summed E-state index contributed by atoms with van der Waals surface area (Å²) in [6.45, 7) is 3.01. The number of benzene rings is 2. The van der Waals surface area contributed by atoms with Gasteiger partial charge in [0.15, 0.2) is 0 Å². The number of hydrogen-bond acceptors (Lipinski definition) is 2. The van der Waals surface area contributed by atoms with Gasteiger partial charge in [0.05, 0.1) is 17.6 Å². The zero-order valence-electron chi connectivity index (χ0n) is 14.1. The lowest BCUT2D eigenvalue weighted by atomic mass is 10.2. The molecule has 0 spiro atoms. The number of carbonyl (C=O) groups excluding carboxylic acids is 1. The largest absolute Gasteiger partial charge is 0.352 e. The van der Waals surface area contributed by atoms with Crippen LogP contribution in [0.15, 0.2) is 60.7 Å². The smallest absolute Gasteiger partial charge is 0.243 e. The van der Waals surface area contributed by atoms with Crippen molar-refractivity contribution in [2.75, 3.05) is 6.54 Å². The standard InChI is InChI=1S/C20H20ClN3O/c1-2-7-20(25)22-13-12-19-23-17-10-5-6-11-18(17)24(19)14-15-8-3-4-9-16(15)21/h2-11H,12-14H2,1H3,(H,22,25)/b7-2+. The fourth-order valence-corrected chi connectivity index (χ4v) is 2.99. The predicted octanol–water partition coefficient (Wildman–Crippen LogP) is 3.97. The third-order valence-electron chi connectivity index (χ3n) is 3.99. The average Bonchev–Trinajstić information content (AvgIpc) is 2.95. The SMILES string of the molecule is C/C=C/C(=O)NCCc1nc2ccccc2n1Cc1ccccc1Cl. The molecule has 3 aromatic rings. The van der Waals surface area contributed by atoms with Crippen LogP contribution in [0.4, 0.5) is 0 Å². The highest BCUT2D eigenvalue weighted by atomic mass is 35.5. The minimum absolute atomic E-state index is 0.0868. The number of allylic oxidation sites excluding steroid dienone is 1. The molecule has 1 N–H and O–H groups in total. The quantitative estimate of drug-likeness (QED) is 0.681. The first-order chi connectivity index (χ1) is 12.2. The molecule has 1 aromatic heterocycles. The van der Waals surface area contributed by atoms with Crippen molar-refractivity contribution < 1.29 is 4.79 Å². The van der Waals surface area contributed by atoms with E-state index in [2.05, 4.69) is 16.0 Å². The first-order valence-electron chi connectivity index (χ1n) is 8.27. The summed E-state index contributed by atoms with van der Waals surface area (Å²) in [5.41, 5.74) is 3.06.